The van der Waals surface area contributed by atoms with Gasteiger partial charge >= 0.3 is 5.97 Å². The molecule has 0 amide bonds. The molecule has 1 unspecified atom stereocenters. The average molecular weight is 146 g/mol. The van der Waals surface area contributed by atoms with Crippen molar-refractivity contribution in [3.8, 4) is 0 Å². The molecule has 0 fully saturated rings. The van der Waals surface area contributed by atoms with Crippen molar-refractivity contribution in [3.05, 3.63) is 12.2 Å². The smallest absolute Gasteiger partial charge is 0.306 e. The predicted molar refractivity (Wildman–Crippen MR) is 34.6 cm³/mol. The monoisotopic (exact) mass is 146 g/mol. The molecule has 0 aromatic rings. The number of hydrogen-bond donors (Lipinski definition) is 2. The number of aliphatic carboxylic acids is 1. The molecule has 0 heterocycles. The highest BCUT2D eigenvalue weighted by atomic mass is 17.1. The van der Waals surface area contributed by atoms with Crippen molar-refractivity contribution in [1.29, 1.82) is 0 Å². The first-order chi connectivity index (χ1) is 4.57. The molecule has 0 aliphatic rings. The zero-order valence-electron chi connectivity index (χ0n) is 5.70. The Labute approximate surface area is 58.7 Å². The van der Waals surface area contributed by atoms with Crippen LogP contribution in [-0.2, 0) is 9.68 Å². The van der Waals surface area contributed by atoms with E-state index in [-0.39, 0.29) is 6.42 Å². The average Bonchev–Trinajstić information content (AvgIpc) is 1.81. The van der Waals surface area contributed by atoms with Gasteiger partial charge in [0.15, 0.2) is 0 Å². The fourth-order valence-electron chi connectivity index (χ4n) is 0.460. The Balaban J connectivity index is 3.83. The van der Waals surface area contributed by atoms with Crippen LogP contribution in [0, 0.1) is 0 Å². The summed E-state index contributed by atoms with van der Waals surface area (Å²) in [7, 11) is 0. The predicted octanol–water partition coefficient (Wildman–Crippen LogP) is 0.895. The van der Waals surface area contributed by atoms with Crippen molar-refractivity contribution in [2.75, 3.05) is 0 Å². The summed E-state index contributed by atoms with van der Waals surface area (Å²) in [5.74, 6) is -1.03. The van der Waals surface area contributed by atoms with Crippen molar-refractivity contribution < 1.29 is 20.0 Å². The van der Waals surface area contributed by atoms with Gasteiger partial charge in [-0.1, -0.05) is 6.58 Å². The summed E-state index contributed by atoms with van der Waals surface area (Å²) in [5, 5.41) is 16.4. The van der Waals surface area contributed by atoms with E-state index in [0.29, 0.717) is 5.57 Å². The maximum atomic E-state index is 10.0. The summed E-state index contributed by atoms with van der Waals surface area (Å²) >= 11 is 0. The molecule has 2 N–H and O–H groups in total. The summed E-state index contributed by atoms with van der Waals surface area (Å²) in [4.78, 5) is 13.9. The van der Waals surface area contributed by atoms with Crippen LogP contribution in [0.1, 0.15) is 13.3 Å². The van der Waals surface area contributed by atoms with Gasteiger partial charge in [-0.25, -0.2) is 4.89 Å². The van der Waals surface area contributed by atoms with Gasteiger partial charge in [-0.05, 0) is 12.5 Å². The van der Waals surface area contributed by atoms with E-state index in [1.165, 1.54) is 0 Å². The highest BCUT2D eigenvalue weighted by molar-refractivity contribution is 5.67. The maximum absolute atomic E-state index is 10.0. The molecule has 0 aliphatic heterocycles. The van der Waals surface area contributed by atoms with E-state index >= 15 is 0 Å². The summed E-state index contributed by atoms with van der Waals surface area (Å²) < 4.78 is 0. The summed E-state index contributed by atoms with van der Waals surface area (Å²) in [6.07, 6.45) is -1.05. The second-order valence-corrected chi connectivity index (χ2v) is 2.04. The first-order valence-electron chi connectivity index (χ1n) is 2.75. The first-order valence-corrected chi connectivity index (χ1v) is 2.75. The third-order valence-corrected chi connectivity index (χ3v) is 1.04. The topological polar surface area (TPSA) is 66.8 Å². The molecule has 58 valence electrons. The Hall–Kier alpha value is -0.870. The lowest BCUT2D eigenvalue weighted by atomic mass is 10.1. The lowest BCUT2D eigenvalue weighted by Crippen LogP contribution is -2.16. The van der Waals surface area contributed by atoms with Crippen LogP contribution in [0.5, 0.6) is 0 Å². The standard InChI is InChI=1S/C6H10O4/c1-4(2)5(10-9)3-6(7)8/h5,9H,1,3H2,2H3,(H,7,8). The largest absolute Gasteiger partial charge is 0.481 e. The molecule has 4 heteroatoms. The van der Waals surface area contributed by atoms with Crippen LogP contribution in [0.4, 0.5) is 0 Å². The minimum absolute atomic E-state index is 0.258. The van der Waals surface area contributed by atoms with E-state index < -0.39 is 12.1 Å². The Morgan fingerprint density at radius 3 is 2.40 bits per heavy atom. The van der Waals surface area contributed by atoms with Crippen LogP contribution in [0.2, 0.25) is 0 Å². The molecule has 0 aromatic carbocycles. The van der Waals surface area contributed by atoms with E-state index in [1.807, 2.05) is 0 Å². The van der Waals surface area contributed by atoms with E-state index in [2.05, 4.69) is 11.5 Å². The van der Waals surface area contributed by atoms with Gasteiger partial charge in [-0.3, -0.25) is 10.1 Å². The van der Waals surface area contributed by atoms with Crippen molar-refractivity contribution in [3.63, 3.8) is 0 Å². The van der Waals surface area contributed by atoms with Crippen molar-refractivity contribution >= 4 is 5.97 Å². The summed E-state index contributed by atoms with van der Waals surface area (Å²) in [6.45, 7) is 5.02. The molecule has 1 atom stereocenters. The lowest BCUT2D eigenvalue weighted by molar-refractivity contribution is -0.269. The van der Waals surface area contributed by atoms with Crippen molar-refractivity contribution in [2.24, 2.45) is 0 Å². The van der Waals surface area contributed by atoms with Crippen molar-refractivity contribution in [2.45, 2.75) is 19.4 Å². The number of carboxylic acid groups (broad SMARTS) is 1. The van der Waals surface area contributed by atoms with Crippen LogP contribution < -0.4 is 0 Å². The molecule has 0 spiro atoms. The lowest BCUT2D eigenvalue weighted by Gasteiger charge is -2.08. The van der Waals surface area contributed by atoms with Gasteiger partial charge in [-0.15, -0.1) is 0 Å². The van der Waals surface area contributed by atoms with Gasteiger partial charge in [-0.2, -0.15) is 0 Å². The van der Waals surface area contributed by atoms with Gasteiger partial charge < -0.3 is 5.11 Å². The second kappa shape index (κ2) is 4.03. The number of hydrogen-bond acceptors (Lipinski definition) is 3. The SMILES string of the molecule is C=C(C)C(CC(=O)O)OO. The van der Waals surface area contributed by atoms with Crippen LogP contribution >= 0.6 is 0 Å². The molecule has 0 radical (unpaired) electrons. The van der Waals surface area contributed by atoms with Gasteiger partial charge in [0.2, 0.25) is 0 Å². The molecule has 0 aliphatic carbocycles. The Kier molecular flexibility index (Phi) is 3.68. The Morgan fingerprint density at radius 2 is 2.30 bits per heavy atom. The highest BCUT2D eigenvalue weighted by Crippen LogP contribution is 2.06. The summed E-state index contributed by atoms with van der Waals surface area (Å²) in [5.41, 5.74) is 0.491. The second-order valence-electron chi connectivity index (χ2n) is 2.04. The molecule has 0 bridgehead atoms. The van der Waals surface area contributed by atoms with E-state index in [0.717, 1.165) is 0 Å². The fourth-order valence-corrected chi connectivity index (χ4v) is 0.460. The van der Waals surface area contributed by atoms with Gasteiger partial charge in [0, 0.05) is 0 Å². The molecular formula is C6H10O4. The molecule has 0 rings (SSSR count). The normalized spacial score (nSPS) is 12.6. The van der Waals surface area contributed by atoms with Crippen LogP contribution in [-0.4, -0.2) is 22.4 Å². The zero-order chi connectivity index (χ0) is 8.15. The molecule has 0 saturated heterocycles. The number of carboxylic acids is 1. The molecule has 4 nitrogen and oxygen atoms in total. The number of rotatable bonds is 4. The first kappa shape index (κ1) is 9.13. The third-order valence-electron chi connectivity index (χ3n) is 1.04. The Bertz CT molecular complexity index is 141. The summed E-state index contributed by atoms with van der Waals surface area (Å²) in [6, 6.07) is 0. The minimum Gasteiger partial charge on any atom is -0.481 e. The van der Waals surface area contributed by atoms with Gasteiger partial charge in [0.25, 0.3) is 0 Å². The molecule has 0 aromatic heterocycles. The highest BCUT2D eigenvalue weighted by Gasteiger charge is 2.13. The van der Waals surface area contributed by atoms with Crippen LogP contribution in [0.3, 0.4) is 0 Å². The maximum Gasteiger partial charge on any atom is 0.306 e. The zero-order valence-corrected chi connectivity index (χ0v) is 5.70. The van der Waals surface area contributed by atoms with Gasteiger partial charge in [0.1, 0.15) is 6.10 Å². The molecular weight excluding hydrogens is 136 g/mol. The van der Waals surface area contributed by atoms with Crippen LogP contribution in [0.25, 0.3) is 0 Å². The quantitative estimate of drug-likeness (QED) is 0.351. The fraction of sp³-hybridized carbons (Fsp3) is 0.500. The minimum atomic E-state index is -1.03. The van der Waals surface area contributed by atoms with E-state index in [4.69, 9.17) is 10.4 Å². The van der Waals surface area contributed by atoms with E-state index in [1.54, 1.807) is 6.92 Å². The molecule has 0 saturated carbocycles. The van der Waals surface area contributed by atoms with E-state index in [9.17, 15) is 4.79 Å². The van der Waals surface area contributed by atoms with Gasteiger partial charge in [0.05, 0.1) is 6.42 Å². The number of carbonyl (C=O) groups is 1. The molecule has 10 heavy (non-hydrogen) atoms. The Morgan fingerprint density at radius 1 is 1.80 bits per heavy atom. The van der Waals surface area contributed by atoms with Crippen molar-refractivity contribution in [1.82, 2.24) is 0 Å². The third kappa shape index (κ3) is 3.21. The van der Waals surface area contributed by atoms with Crippen LogP contribution in [0.15, 0.2) is 12.2 Å².